The predicted molar refractivity (Wildman–Crippen MR) is 73.9 cm³/mol. The number of nitrogens with one attached hydrogen (secondary N) is 1. The van der Waals surface area contributed by atoms with E-state index < -0.39 is 0 Å². The molecule has 2 rings (SSSR count). The van der Waals surface area contributed by atoms with Crippen LogP contribution in [-0.4, -0.2) is 34.2 Å². The Bertz CT molecular complexity index is 607. The van der Waals surface area contributed by atoms with Gasteiger partial charge in [0.1, 0.15) is 5.82 Å². The van der Waals surface area contributed by atoms with Gasteiger partial charge in [-0.2, -0.15) is 0 Å². The van der Waals surface area contributed by atoms with Crippen molar-refractivity contribution in [3.63, 3.8) is 0 Å². The topological polar surface area (TPSA) is 76.4 Å². The van der Waals surface area contributed by atoms with Crippen molar-refractivity contribution in [2.45, 2.75) is 6.42 Å². The number of methoxy groups -OCH3 is 1. The van der Waals surface area contributed by atoms with E-state index in [1.54, 1.807) is 12.3 Å². The maximum Gasteiger partial charge on any atom is 0.251 e. The van der Waals surface area contributed by atoms with Crippen LogP contribution in [0, 0.1) is 0 Å². The minimum atomic E-state index is -0.211. The van der Waals surface area contributed by atoms with Crippen LogP contribution in [0.3, 0.4) is 0 Å². The lowest BCUT2D eigenvalue weighted by atomic mass is 10.2. The maximum atomic E-state index is 12.0. The molecule has 0 spiro atoms. The van der Waals surface area contributed by atoms with Crippen molar-refractivity contribution in [1.82, 2.24) is 14.9 Å². The van der Waals surface area contributed by atoms with Gasteiger partial charge in [0.2, 0.25) is 0 Å². The molecule has 0 atom stereocenters. The van der Waals surface area contributed by atoms with E-state index in [1.807, 2.05) is 17.8 Å². The largest absolute Gasteiger partial charge is 0.504 e. The molecule has 106 valence electrons. The van der Waals surface area contributed by atoms with E-state index >= 15 is 0 Å². The second-order valence-corrected chi connectivity index (χ2v) is 4.35. The van der Waals surface area contributed by atoms with Crippen molar-refractivity contribution in [1.29, 1.82) is 0 Å². The van der Waals surface area contributed by atoms with Crippen molar-refractivity contribution in [3.05, 3.63) is 42.0 Å². The van der Waals surface area contributed by atoms with Gasteiger partial charge in [0.05, 0.1) is 7.11 Å². The lowest BCUT2D eigenvalue weighted by Crippen LogP contribution is -2.26. The fourth-order valence-electron chi connectivity index (χ4n) is 1.85. The third kappa shape index (κ3) is 3.09. The lowest BCUT2D eigenvalue weighted by molar-refractivity contribution is 0.0953. The molecule has 0 aliphatic carbocycles. The molecular weight excluding hydrogens is 258 g/mol. The maximum absolute atomic E-state index is 12.0. The molecule has 20 heavy (non-hydrogen) atoms. The monoisotopic (exact) mass is 275 g/mol. The number of rotatable bonds is 5. The highest BCUT2D eigenvalue weighted by molar-refractivity contribution is 5.94. The summed E-state index contributed by atoms with van der Waals surface area (Å²) in [5.41, 5.74) is 0.444. The first-order valence-corrected chi connectivity index (χ1v) is 6.23. The Kier molecular flexibility index (Phi) is 4.24. The van der Waals surface area contributed by atoms with Gasteiger partial charge in [0.15, 0.2) is 11.5 Å². The summed E-state index contributed by atoms with van der Waals surface area (Å²) in [6.07, 6.45) is 4.24. The molecule has 1 aromatic heterocycles. The second kappa shape index (κ2) is 6.10. The molecule has 1 amide bonds. The Morgan fingerprint density at radius 1 is 1.50 bits per heavy atom. The molecule has 2 aromatic rings. The van der Waals surface area contributed by atoms with Crippen LogP contribution in [0.15, 0.2) is 30.6 Å². The number of carbonyl (C=O) groups excluding carboxylic acids is 1. The highest BCUT2D eigenvalue weighted by Crippen LogP contribution is 2.26. The third-order valence-electron chi connectivity index (χ3n) is 3.00. The Morgan fingerprint density at radius 2 is 2.30 bits per heavy atom. The third-order valence-corrected chi connectivity index (χ3v) is 3.00. The fourth-order valence-corrected chi connectivity index (χ4v) is 1.85. The van der Waals surface area contributed by atoms with Crippen molar-refractivity contribution in [3.8, 4) is 11.5 Å². The van der Waals surface area contributed by atoms with E-state index in [2.05, 4.69) is 10.3 Å². The number of aromatic hydroxyl groups is 1. The van der Waals surface area contributed by atoms with Gasteiger partial charge in [-0.1, -0.05) is 0 Å². The van der Waals surface area contributed by atoms with Crippen LogP contribution in [0.1, 0.15) is 16.2 Å². The molecule has 1 aromatic carbocycles. The average molecular weight is 275 g/mol. The van der Waals surface area contributed by atoms with E-state index in [0.29, 0.717) is 18.5 Å². The van der Waals surface area contributed by atoms with Gasteiger partial charge in [-0.25, -0.2) is 4.98 Å². The van der Waals surface area contributed by atoms with E-state index in [-0.39, 0.29) is 17.4 Å². The molecular formula is C14H17N3O3. The number of hydrogen-bond acceptors (Lipinski definition) is 4. The summed E-state index contributed by atoms with van der Waals surface area (Å²) in [4.78, 5) is 16.1. The number of phenolic OH excluding ortho intramolecular Hbond substituents is 1. The number of aromatic nitrogens is 2. The molecule has 6 heteroatoms. The van der Waals surface area contributed by atoms with Crippen LogP contribution < -0.4 is 10.1 Å². The number of aryl methyl sites for hydroxylation is 1. The smallest absolute Gasteiger partial charge is 0.251 e. The number of carbonyl (C=O) groups is 1. The number of amides is 1. The van der Waals surface area contributed by atoms with Crippen molar-refractivity contribution >= 4 is 5.91 Å². The van der Waals surface area contributed by atoms with E-state index in [1.165, 1.54) is 19.2 Å². The fraction of sp³-hybridized carbons (Fsp3) is 0.286. The van der Waals surface area contributed by atoms with Crippen LogP contribution in [0.4, 0.5) is 0 Å². The number of benzene rings is 1. The number of nitrogens with zero attached hydrogens (tertiary/aromatic N) is 2. The molecule has 0 aliphatic rings. The SMILES string of the molecule is COc1cc(C(=O)NCCc2nccn2C)ccc1O. The average Bonchev–Trinajstić information content (AvgIpc) is 2.85. The highest BCUT2D eigenvalue weighted by atomic mass is 16.5. The summed E-state index contributed by atoms with van der Waals surface area (Å²) < 4.78 is 6.88. The van der Waals surface area contributed by atoms with Gasteiger partial charge in [-0.15, -0.1) is 0 Å². The van der Waals surface area contributed by atoms with E-state index in [9.17, 15) is 9.90 Å². The van der Waals surface area contributed by atoms with Crippen LogP contribution in [-0.2, 0) is 13.5 Å². The lowest BCUT2D eigenvalue weighted by Gasteiger charge is -2.08. The van der Waals surface area contributed by atoms with Crippen LogP contribution in [0.2, 0.25) is 0 Å². The molecule has 0 unspecified atom stereocenters. The van der Waals surface area contributed by atoms with Crippen molar-refractivity contribution in [2.75, 3.05) is 13.7 Å². The first-order chi connectivity index (χ1) is 9.61. The predicted octanol–water partition coefficient (Wildman–Crippen LogP) is 1.11. The minimum absolute atomic E-state index is 0.0112. The zero-order valence-electron chi connectivity index (χ0n) is 11.5. The van der Waals surface area contributed by atoms with Crippen molar-refractivity contribution < 1.29 is 14.6 Å². The Labute approximate surface area is 117 Å². The summed E-state index contributed by atoms with van der Waals surface area (Å²) in [6, 6.07) is 4.49. The quantitative estimate of drug-likeness (QED) is 0.857. The molecule has 2 N–H and O–H groups in total. The van der Waals surface area contributed by atoms with Gasteiger partial charge >= 0.3 is 0 Å². The molecule has 6 nitrogen and oxygen atoms in total. The number of phenols is 1. The molecule has 0 saturated heterocycles. The summed E-state index contributed by atoms with van der Waals surface area (Å²) in [5, 5.41) is 12.3. The Morgan fingerprint density at radius 3 is 2.95 bits per heavy atom. The molecule has 0 radical (unpaired) electrons. The van der Waals surface area contributed by atoms with Crippen molar-refractivity contribution in [2.24, 2.45) is 7.05 Å². The van der Waals surface area contributed by atoms with Gasteiger partial charge in [-0.05, 0) is 18.2 Å². The summed E-state index contributed by atoms with van der Waals surface area (Å²) in [5.74, 6) is 0.991. The van der Waals surface area contributed by atoms with Gasteiger partial charge in [0, 0.05) is 38.0 Å². The number of ether oxygens (including phenoxy) is 1. The van der Waals surface area contributed by atoms with Crippen LogP contribution >= 0.6 is 0 Å². The summed E-state index contributed by atoms with van der Waals surface area (Å²) >= 11 is 0. The van der Waals surface area contributed by atoms with Gasteiger partial charge in [-0.3, -0.25) is 4.79 Å². The molecule has 0 aliphatic heterocycles. The summed E-state index contributed by atoms with van der Waals surface area (Å²) in [6.45, 7) is 0.493. The minimum Gasteiger partial charge on any atom is -0.504 e. The standard InChI is InChI=1S/C14H17N3O3/c1-17-8-7-15-13(17)5-6-16-14(19)10-3-4-11(18)12(9-10)20-2/h3-4,7-9,18H,5-6H2,1-2H3,(H,16,19). The molecule has 0 bridgehead atoms. The van der Waals surface area contributed by atoms with Crippen LogP contribution in [0.5, 0.6) is 11.5 Å². The zero-order valence-corrected chi connectivity index (χ0v) is 11.5. The molecule has 1 heterocycles. The van der Waals surface area contributed by atoms with Crippen LogP contribution in [0.25, 0.3) is 0 Å². The van der Waals surface area contributed by atoms with E-state index in [0.717, 1.165) is 5.82 Å². The second-order valence-electron chi connectivity index (χ2n) is 4.35. The first-order valence-electron chi connectivity index (χ1n) is 6.23. The van der Waals surface area contributed by atoms with Gasteiger partial charge < -0.3 is 19.7 Å². The normalized spacial score (nSPS) is 10.3. The first kappa shape index (κ1) is 13.9. The molecule has 0 saturated carbocycles. The Hall–Kier alpha value is -2.50. The summed E-state index contributed by atoms with van der Waals surface area (Å²) in [7, 11) is 3.35. The highest BCUT2D eigenvalue weighted by Gasteiger charge is 2.09. The number of hydrogen-bond donors (Lipinski definition) is 2. The number of imidazole rings is 1. The Balaban J connectivity index is 1.93. The van der Waals surface area contributed by atoms with Gasteiger partial charge in [0.25, 0.3) is 5.91 Å². The zero-order chi connectivity index (χ0) is 14.5. The van der Waals surface area contributed by atoms with E-state index in [4.69, 9.17) is 4.74 Å². The molecule has 0 fully saturated rings.